The summed E-state index contributed by atoms with van der Waals surface area (Å²) in [4.78, 5) is 36.4. The van der Waals surface area contributed by atoms with Gasteiger partial charge in [0.05, 0.1) is 5.41 Å². The standard InChI is InChI=1S/C16H20N2O4S/c1-11(19)18(2)13-5-3-12(4-6-13)17-14(20)9-16(15(21)22)7-8-23-10-16/h3-6H,7-10H2,1-2H3,(H,17,20)(H,21,22)/t16-/m1/s1. The zero-order valence-electron chi connectivity index (χ0n) is 13.2. The van der Waals surface area contributed by atoms with Crippen LogP contribution in [-0.2, 0) is 14.4 Å². The van der Waals surface area contributed by atoms with Crippen molar-refractivity contribution >= 4 is 40.9 Å². The van der Waals surface area contributed by atoms with Crippen LogP contribution in [0.4, 0.5) is 11.4 Å². The van der Waals surface area contributed by atoms with Crippen molar-refractivity contribution in [1.29, 1.82) is 0 Å². The Kier molecular flexibility index (Phi) is 5.30. The Morgan fingerprint density at radius 1 is 1.30 bits per heavy atom. The summed E-state index contributed by atoms with van der Waals surface area (Å²) in [5.74, 6) is -0.0494. The van der Waals surface area contributed by atoms with Crippen LogP contribution >= 0.6 is 11.8 Å². The highest BCUT2D eigenvalue weighted by Crippen LogP contribution is 2.39. The highest BCUT2D eigenvalue weighted by atomic mass is 32.2. The number of nitrogens with one attached hydrogen (secondary N) is 1. The van der Waals surface area contributed by atoms with Crippen molar-refractivity contribution in [3.05, 3.63) is 24.3 Å². The zero-order valence-corrected chi connectivity index (χ0v) is 14.0. The molecule has 1 saturated heterocycles. The quantitative estimate of drug-likeness (QED) is 0.861. The molecule has 1 heterocycles. The lowest BCUT2D eigenvalue weighted by Crippen LogP contribution is -2.35. The fraction of sp³-hybridized carbons (Fsp3) is 0.438. The average Bonchev–Trinajstić information content (AvgIpc) is 2.97. The summed E-state index contributed by atoms with van der Waals surface area (Å²) in [6.45, 7) is 1.47. The number of thioether (sulfide) groups is 1. The lowest BCUT2D eigenvalue weighted by Gasteiger charge is -2.22. The molecule has 1 fully saturated rings. The Hall–Kier alpha value is -2.02. The minimum atomic E-state index is -0.955. The van der Waals surface area contributed by atoms with Crippen LogP contribution in [0.25, 0.3) is 0 Å². The number of hydrogen-bond donors (Lipinski definition) is 2. The van der Waals surface area contributed by atoms with Gasteiger partial charge in [-0.05, 0) is 36.4 Å². The Labute approximate surface area is 139 Å². The number of rotatable bonds is 5. The van der Waals surface area contributed by atoms with Gasteiger partial charge in [0.15, 0.2) is 0 Å². The maximum absolute atomic E-state index is 12.2. The van der Waals surface area contributed by atoms with Crippen molar-refractivity contribution in [3.8, 4) is 0 Å². The van der Waals surface area contributed by atoms with Crippen LogP contribution in [0.1, 0.15) is 19.8 Å². The van der Waals surface area contributed by atoms with E-state index in [1.165, 1.54) is 11.8 Å². The molecule has 2 amide bonds. The van der Waals surface area contributed by atoms with E-state index in [4.69, 9.17) is 0 Å². The molecule has 0 bridgehead atoms. The molecule has 1 aromatic carbocycles. The molecule has 1 aromatic rings. The molecular weight excluding hydrogens is 316 g/mol. The summed E-state index contributed by atoms with van der Waals surface area (Å²) < 4.78 is 0. The third-order valence-electron chi connectivity index (χ3n) is 4.07. The third-order valence-corrected chi connectivity index (χ3v) is 5.32. The van der Waals surface area contributed by atoms with E-state index in [1.807, 2.05) is 0 Å². The van der Waals surface area contributed by atoms with E-state index in [-0.39, 0.29) is 18.2 Å². The Bertz CT molecular complexity index is 609. The second kappa shape index (κ2) is 7.04. The number of carboxylic acid groups (broad SMARTS) is 1. The SMILES string of the molecule is CC(=O)N(C)c1ccc(NC(=O)C[C@]2(C(=O)O)CCSC2)cc1. The number of carbonyl (C=O) groups excluding carboxylic acids is 2. The van der Waals surface area contributed by atoms with Crippen LogP contribution in [0.2, 0.25) is 0 Å². The number of benzene rings is 1. The summed E-state index contributed by atoms with van der Waals surface area (Å²) in [5.41, 5.74) is 0.357. The maximum Gasteiger partial charge on any atom is 0.311 e. The van der Waals surface area contributed by atoms with Gasteiger partial charge >= 0.3 is 5.97 Å². The minimum absolute atomic E-state index is 0.0234. The summed E-state index contributed by atoms with van der Waals surface area (Å²) in [7, 11) is 1.67. The molecule has 0 aliphatic carbocycles. The van der Waals surface area contributed by atoms with Gasteiger partial charge in [0.25, 0.3) is 0 Å². The first-order valence-electron chi connectivity index (χ1n) is 7.29. The van der Waals surface area contributed by atoms with Gasteiger partial charge in [-0.3, -0.25) is 14.4 Å². The van der Waals surface area contributed by atoms with Gasteiger partial charge in [0.2, 0.25) is 11.8 Å². The number of amides is 2. The molecule has 0 radical (unpaired) electrons. The van der Waals surface area contributed by atoms with E-state index >= 15 is 0 Å². The van der Waals surface area contributed by atoms with Crippen molar-refractivity contribution in [2.24, 2.45) is 5.41 Å². The second-order valence-corrected chi connectivity index (χ2v) is 6.84. The Morgan fingerprint density at radius 3 is 2.43 bits per heavy atom. The molecule has 1 aliphatic heterocycles. The van der Waals surface area contributed by atoms with Crippen molar-refractivity contribution in [2.45, 2.75) is 19.8 Å². The predicted octanol–water partition coefficient (Wildman–Crippen LogP) is 2.21. The molecule has 23 heavy (non-hydrogen) atoms. The first-order chi connectivity index (χ1) is 10.8. The molecule has 0 aromatic heterocycles. The highest BCUT2D eigenvalue weighted by Gasteiger charge is 2.43. The van der Waals surface area contributed by atoms with E-state index in [0.29, 0.717) is 17.9 Å². The van der Waals surface area contributed by atoms with Crippen LogP contribution in [0, 0.1) is 5.41 Å². The topological polar surface area (TPSA) is 86.7 Å². The number of aliphatic carboxylic acids is 1. The van der Waals surface area contributed by atoms with Crippen LogP contribution in [0.3, 0.4) is 0 Å². The molecule has 2 N–H and O–H groups in total. The molecule has 0 saturated carbocycles. The van der Waals surface area contributed by atoms with E-state index < -0.39 is 11.4 Å². The van der Waals surface area contributed by atoms with Gasteiger partial charge in [0.1, 0.15) is 0 Å². The molecule has 6 nitrogen and oxygen atoms in total. The predicted molar refractivity (Wildman–Crippen MR) is 90.8 cm³/mol. The average molecular weight is 336 g/mol. The first kappa shape index (κ1) is 17.3. The molecule has 1 aliphatic rings. The molecule has 2 rings (SSSR count). The monoisotopic (exact) mass is 336 g/mol. The fourth-order valence-electron chi connectivity index (χ4n) is 2.45. The molecule has 0 spiro atoms. The number of hydrogen-bond acceptors (Lipinski definition) is 4. The Morgan fingerprint density at radius 2 is 1.96 bits per heavy atom. The van der Waals surface area contributed by atoms with Gasteiger partial charge in [-0.2, -0.15) is 11.8 Å². The van der Waals surface area contributed by atoms with Crippen LogP contribution in [-0.4, -0.2) is 41.4 Å². The zero-order chi connectivity index (χ0) is 17.0. The van der Waals surface area contributed by atoms with Gasteiger partial charge in [-0.25, -0.2) is 0 Å². The van der Waals surface area contributed by atoms with Crippen LogP contribution in [0.5, 0.6) is 0 Å². The van der Waals surface area contributed by atoms with E-state index in [2.05, 4.69) is 5.32 Å². The number of carboxylic acids is 1. The second-order valence-electron chi connectivity index (χ2n) is 5.74. The smallest absolute Gasteiger partial charge is 0.311 e. The number of anilines is 2. The largest absolute Gasteiger partial charge is 0.481 e. The van der Waals surface area contributed by atoms with Crippen molar-refractivity contribution < 1.29 is 19.5 Å². The molecular formula is C16H20N2O4S. The summed E-state index contributed by atoms with van der Waals surface area (Å²) >= 11 is 1.57. The highest BCUT2D eigenvalue weighted by molar-refractivity contribution is 7.99. The Balaban J connectivity index is 2.00. The summed E-state index contributed by atoms with van der Waals surface area (Å²) in [6, 6.07) is 6.86. The van der Waals surface area contributed by atoms with E-state index in [1.54, 1.807) is 43.1 Å². The maximum atomic E-state index is 12.2. The summed E-state index contributed by atoms with van der Waals surface area (Å²) in [6.07, 6.45) is 0.493. The van der Waals surface area contributed by atoms with E-state index in [0.717, 1.165) is 11.4 Å². The first-order valence-corrected chi connectivity index (χ1v) is 8.45. The van der Waals surface area contributed by atoms with Crippen LogP contribution < -0.4 is 10.2 Å². The molecule has 124 valence electrons. The lowest BCUT2D eigenvalue weighted by molar-refractivity contribution is -0.149. The molecule has 1 atom stereocenters. The van der Waals surface area contributed by atoms with E-state index in [9.17, 15) is 19.5 Å². The van der Waals surface area contributed by atoms with Crippen molar-refractivity contribution in [3.63, 3.8) is 0 Å². The number of carbonyl (C=O) groups is 3. The van der Waals surface area contributed by atoms with Crippen molar-refractivity contribution in [2.75, 3.05) is 28.8 Å². The molecule has 7 heteroatoms. The fourth-order valence-corrected chi connectivity index (χ4v) is 3.89. The number of nitrogens with zero attached hydrogens (tertiary/aromatic N) is 1. The summed E-state index contributed by atoms with van der Waals surface area (Å²) in [5, 5.41) is 12.1. The van der Waals surface area contributed by atoms with Crippen molar-refractivity contribution in [1.82, 2.24) is 0 Å². The third kappa shape index (κ3) is 4.04. The lowest BCUT2D eigenvalue weighted by atomic mass is 9.84. The van der Waals surface area contributed by atoms with Crippen LogP contribution in [0.15, 0.2) is 24.3 Å². The van der Waals surface area contributed by atoms with Gasteiger partial charge < -0.3 is 15.3 Å². The molecule has 0 unspecified atom stereocenters. The normalized spacial score (nSPS) is 20.1. The van der Waals surface area contributed by atoms with Gasteiger partial charge in [0, 0.05) is 37.5 Å². The van der Waals surface area contributed by atoms with Gasteiger partial charge in [-0.1, -0.05) is 0 Å². The minimum Gasteiger partial charge on any atom is -0.481 e. The van der Waals surface area contributed by atoms with Gasteiger partial charge in [-0.15, -0.1) is 0 Å².